The molecule has 0 aliphatic heterocycles. The van der Waals surface area contributed by atoms with Crippen LogP contribution < -0.4 is 0 Å². The fourth-order valence-electron chi connectivity index (χ4n) is 0.902. The van der Waals surface area contributed by atoms with E-state index in [0.717, 1.165) is 0 Å². The second-order valence-corrected chi connectivity index (χ2v) is 5.00. The molecule has 0 N–H and O–H groups in total. The van der Waals surface area contributed by atoms with Crippen LogP contribution in [0, 0.1) is 5.41 Å². The van der Waals surface area contributed by atoms with E-state index in [2.05, 4.69) is 27.0 Å². The van der Waals surface area contributed by atoms with Crippen LogP contribution in [0.3, 0.4) is 0 Å². The van der Waals surface area contributed by atoms with E-state index in [-0.39, 0.29) is 0 Å². The minimum Gasteiger partial charge on any atom is -0.174 e. The summed E-state index contributed by atoms with van der Waals surface area (Å²) >= 11 is 1.95. The van der Waals surface area contributed by atoms with Crippen LogP contribution in [0.25, 0.3) is 0 Å². The normalized spacial score (nSPS) is 11.6. The van der Waals surface area contributed by atoms with Crippen LogP contribution in [-0.4, -0.2) is 19.2 Å². The van der Waals surface area contributed by atoms with Crippen LogP contribution in [0.2, 0.25) is 6.32 Å². The van der Waals surface area contributed by atoms with Crippen molar-refractivity contribution < 1.29 is 0 Å². The third kappa shape index (κ3) is 8.41. The van der Waals surface area contributed by atoms with E-state index in [1.807, 2.05) is 11.8 Å². The van der Waals surface area contributed by atoms with E-state index in [1.54, 1.807) is 0 Å². The Labute approximate surface area is 70.4 Å². The van der Waals surface area contributed by atoms with Crippen LogP contribution in [0.15, 0.2) is 0 Å². The average Bonchev–Trinajstić information content (AvgIpc) is 1.78. The van der Waals surface area contributed by atoms with Gasteiger partial charge in [-0.25, -0.2) is 0 Å². The van der Waals surface area contributed by atoms with Crippen molar-refractivity contribution in [2.24, 2.45) is 5.41 Å². The third-order valence-corrected chi connectivity index (χ3v) is 2.22. The minimum absolute atomic E-state index is 0.540. The van der Waals surface area contributed by atoms with Gasteiger partial charge >= 0.3 is 0 Å². The van der Waals surface area contributed by atoms with Crippen molar-refractivity contribution in [1.82, 2.24) is 0 Å². The Morgan fingerprint density at radius 2 is 1.90 bits per heavy atom. The molecule has 0 atom stereocenters. The summed E-state index contributed by atoms with van der Waals surface area (Å²) in [7, 11) is 1.39. The Morgan fingerprint density at radius 1 is 1.30 bits per heavy atom. The van der Waals surface area contributed by atoms with E-state index < -0.39 is 0 Å². The maximum absolute atomic E-state index is 2.31. The van der Waals surface area contributed by atoms with Gasteiger partial charge in [0, 0.05) is 0 Å². The van der Waals surface area contributed by atoms with Gasteiger partial charge in [0.2, 0.25) is 0 Å². The molecule has 0 amide bonds. The molecule has 0 bridgehead atoms. The van der Waals surface area contributed by atoms with Crippen LogP contribution in [0.1, 0.15) is 27.2 Å². The standard InChI is InChI=1S/C8H19BS/c1-8(2,3)5-6-9-7-10-4/h9H,5-7H2,1-4H3. The lowest BCUT2D eigenvalue weighted by Crippen LogP contribution is -2.06. The van der Waals surface area contributed by atoms with Gasteiger partial charge in [-0.2, -0.15) is 11.8 Å². The molecule has 0 aromatic heterocycles. The minimum atomic E-state index is 0.540. The molecule has 0 aromatic rings. The number of thioether (sulfide) groups is 1. The Bertz CT molecular complexity index is 75.8. The molecular weight excluding hydrogens is 139 g/mol. The lowest BCUT2D eigenvalue weighted by Gasteiger charge is -2.16. The molecular formula is C8H19BS. The van der Waals surface area contributed by atoms with Gasteiger partial charge in [0.1, 0.15) is 7.28 Å². The highest BCUT2D eigenvalue weighted by molar-refractivity contribution is 7.99. The summed E-state index contributed by atoms with van der Waals surface area (Å²) in [5, 5.41) is 0. The second kappa shape index (κ2) is 5.12. The molecule has 0 aliphatic rings. The van der Waals surface area contributed by atoms with Gasteiger partial charge in [-0.3, -0.25) is 0 Å². The highest BCUT2D eigenvalue weighted by Crippen LogP contribution is 2.20. The zero-order valence-corrected chi connectivity index (χ0v) is 8.55. The van der Waals surface area contributed by atoms with Crippen LogP contribution in [0.5, 0.6) is 0 Å². The number of hydrogen-bond acceptors (Lipinski definition) is 1. The first-order chi connectivity index (χ1) is 4.56. The fraction of sp³-hybridized carbons (Fsp3) is 1.00. The molecule has 0 nitrogen and oxygen atoms in total. The highest BCUT2D eigenvalue weighted by Gasteiger charge is 2.08. The lowest BCUT2D eigenvalue weighted by atomic mass is 9.71. The van der Waals surface area contributed by atoms with Crippen LogP contribution >= 0.6 is 11.8 Å². The summed E-state index contributed by atoms with van der Waals surface area (Å²) in [6.45, 7) is 6.93. The lowest BCUT2D eigenvalue weighted by molar-refractivity contribution is 0.397. The summed E-state index contributed by atoms with van der Waals surface area (Å²) in [6, 6.07) is 0. The van der Waals surface area contributed by atoms with Crippen molar-refractivity contribution in [3.05, 3.63) is 0 Å². The summed E-state index contributed by atoms with van der Waals surface area (Å²) < 4.78 is 0. The van der Waals surface area contributed by atoms with Gasteiger partial charge in [0.05, 0.1) is 0 Å². The number of rotatable bonds is 4. The fourth-order valence-corrected chi connectivity index (χ4v) is 1.39. The Kier molecular flexibility index (Phi) is 5.33. The third-order valence-electron chi connectivity index (χ3n) is 1.53. The van der Waals surface area contributed by atoms with Gasteiger partial charge in [0.15, 0.2) is 0 Å². The van der Waals surface area contributed by atoms with Gasteiger partial charge in [0.25, 0.3) is 0 Å². The molecule has 0 saturated heterocycles. The van der Waals surface area contributed by atoms with Crippen molar-refractivity contribution in [1.29, 1.82) is 0 Å². The molecule has 60 valence electrons. The second-order valence-electron chi connectivity index (χ2n) is 4.01. The summed E-state index contributed by atoms with van der Waals surface area (Å²) in [5.74, 6) is 0. The molecule has 0 aliphatic carbocycles. The molecule has 0 spiro atoms. The number of hydrogen-bond donors (Lipinski definition) is 0. The van der Waals surface area contributed by atoms with Gasteiger partial charge in [-0.05, 0) is 17.3 Å². The van der Waals surface area contributed by atoms with Crippen LogP contribution in [0.4, 0.5) is 0 Å². The van der Waals surface area contributed by atoms with Crippen molar-refractivity contribution in [2.45, 2.75) is 33.5 Å². The molecule has 0 radical (unpaired) electrons. The largest absolute Gasteiger partial charge is 0.174 e. The Balaban J connectivity index is 3.04. The van der Waals surface area contributed by atoms with Crippen molar-refractivity contribution in [3.8, 4) is 0 Å². The van der Waals surface area contributed by atoms with Crippen molar-refractivity contribution in [2.75, 3.05) is 11.9 Å². The highest BCUT2D eigenvalue weighted by atomic mass is 32.2. The SMILES string of the molecule is CSCBCCC(C)(C)C. The maximum Gasteiger partial charge on any atom is 0.132 e. The molecule has 0 unspecified atom stereocenters. The molecule has 0 saturated carbocycles. The summed E-state index contributed by atoms with van der Waals surface area (Å²) in [4.78, 5) is 0. The molecule has 0 heterocycles. The first-order valence-electron chi connectivity index (χ1n) is 4.05. The topological polar surface area (TPSA) is 0 Å². The smallest absolute Gasteiger partial charge is 0.132 e. The quantitative estimate of drug-likeness (QED) is 0.447. The zero-order chi connectivity index (χ0) is 8.04. The van der Waals surface area contributed by atoms with E-state index in [1.165, 1.54) is 25.7 Å². The van der Waals surface area contributed by atoms with E-state index in [9.17, 15) is 0 Å². The monoisotopic (exact) mass is 158 g/mol. The van der Waals surface area contributed by atoms with Gasteiger partial charge in [-0.15, -0.1) is 0 Å². The van der Waals surface area contributed by atoms with Gasteiger partial charge < -0.3 is 0 Å². The maximum atomic E-state index is 2.31. The van der Waals surface area contributed by atoms with Crippen LogP contribution in [-0.2, 0) is 0 Å². The average molecular weight is 158 g/mol. The van der Waals surface area contributed by atoms with Crippen molar-refractivity contribution >= 4 is 19.0 Å². The van der Waals surface area contributed by atoms with E-state index >= 15 is 0 Å². The van der Waals surface area contributed by atoms with Crippen molar-refractivity contribution in [3.63, 3.8) is 0 Å². The van der Waals surface area contributed by atoms with E-state index in [0.29, 0.717) is 5.41 Å². The van der Waals surface area contributed by atoms with E-state index in [4.69, 9.17) is 0 Å². The molecule has 2 heteroatoms. The Morgan fingerprint density at radius 3 is 2.30 bits per heavy atom. The molecule has 0 rings (SSSR count). The first-order valence-corrected chi connectivity index (χ1v) is 5.44. The Hall–Kier alpha value is 0.415. The molecule has 0 fully saturated rings. The first kappa shape index (κ1) is 10.4. The predicted molar refractivity (Wildman–Crippen MR) is 54.4 cm³/mol. The summed E-state index contributed by atoms with van der Waals surface area (Å²) in [5.41, 5.74) is 1.87. The molecule has 0 aromatic carbocycles. The van der Waals surface area contributed by atoms with Gasteiger partial charge in [-0.1, -0.05) is 33.5 Å². The predicted octanol–water partition coefficient (Wildman–Crippen LogP) is 2.60. The molecule has 10 heavy (non-hydrogen) atoms. The summed E-state index contributed by atoms with van der Waals surface area (Å²) in [6.07, 6.45) is 4.94. The zero-order valence-electron chi connectivity index (χ0n) is 7.74.